The summed E-state index contributed by atoms with van der Waals surface area (Å²) in [5, 5.41) is 12.7. The van der Waals surface area contributed by atoms with Crippen LogP contribution in [0.3, 0.4) is 0 Å². The van der Waals surface area contributed by atoms with Crippen LogP contribution in [0.2, 0.25) is 0 Å². The average molecular weight is 459 g/mol. The smallest absolute Gasteiger partial charge is 0.339 e. The van der Waals surface area contributed by atoms with Crippen LogP contribution in [-0.2, 0) is 9.53 Å². The highest BCUT2D eigenvalue weighted by molar-refractivity contribution is 7.99. The number of hydrogen-bond donors (Lipinski definition) is 1. The number of aromatic nitrogens is 4. The van der Waals surface area contributed by atoms with Crippen molar-refractivity contribution in [2.45, 2.75) is 5.16 Å². The number of nitrogens with zero attached hydrogens (tertiary/aromatic N) is 4. The third-order valence-electron chi connectivity index (χ3n) is 4.90. The van der Waals surface area contributed by atoms with Crippen LogP contribution in [0.5, 0.6) is 0 Å². The molecule has 33 heavy (non-hydrogen) atoms. The number of fused-ring (bicyclic) bond motifs is 3. The number of carbonyl (C=O) groups excluding carboxylic acids is 2. The molecule has 5 rings (SSSR count). The minimum atomic E-state index is -0.525. The van der Waals surface area contributed by atoms with Gasteiger partial charge in [-0.2, -0.15) is 0 Å². The Kier molecular flexibility index (Phi) is 5.49. The van der Waals surface area contributed by atoms with Gasteiger partial charge >= 0.3 is 5.97 Å². The van der Waals surface area contributed by atoms with E-state index in [9.17, 15) is 9.59 Å². The normalized spacial score (nSPS) is 11.1. The summed E-state index contributed by atoms with van der Waals surface area (Å²) in [6, 6.07) is 17.9. The number of anilines is 1. The lowest BCUT2D eigenvalue weighted by Gasteiger charge is -2.10. The quantitative estimate of drug-likeness (QED) is 0.299. The number of benzene rings is 2. The number of ether oxygens (including phenoxy) is 1. The van der Waals surface area contributed by atoms with E-state index < -0.39 is 5.97 Å². The monoisotopic (exact) mass is 459 g/mol. The van der Waals surface area contributed by atoms with E-state index in [2.05, 4.69) is 15.5 Å². The summed E-state index contributed by atoms with van der Waals surface area (Å²) in [5.41, 5.74) is 2.04. The molecule has 3 aromatic heterocycles. The molecule has 1 amide bonds. The molecule has 0 saturated heterocycles. The van der Waals surface area contributed by atoms with Gasteiger partial charge in [0.2, 0.25) is 5.91 Å². The highest BCUT2D eigenvalue weighted by Crippen LogP contribution is 2.29. The molecule has 0 radical (unpaired) electrons. The summed E-state index contributed by atoms with van der Waals surface area (Å²) in [7, 11) is 1.29. The van der Waals surface area contributed by atoms with Gasteiger partial charge < -0.3 is 14.5 Å². The first kappa shape index (κ1) is 20.7. The van der Waals surface area contributed by atoms with Crippen LogP contribution in [0, 0.1) is 0 Å². The van der Waals surface area contributed by atoms with Crippen LogP contribution >= 0.6 is 11.8 Å². The summed E-state index contributed by atoms with van der Waals surface area (Å²) in [6.07, 6.45) is 1.57. The fourth-order valence-corrected chi connectivity index (χ4v) is 4.15. The minimum Gasteiger partial charge on any atom is -0.465 e. The van der Waals surface area contributed by atoms with Crippen LogP contribution in [-0.4, -0.2) is 44.3 Å². The van der Waals surface area contributed by atoms with Gasteiger partial charge in [0, 0.05) is 5.39 Å². The first-order valence-corrected chi connectivity index (χ1v) is 10.9. The number of hydrogen-bond acceptors (Lipinski definition) is 8. The molecule has 10 heteroatoms. The third-order valence-corrected chi connectivity index (χ3v) is 5.83. The highest BCUT2D eigenvalue weighted by Gasteiger charge is 2.19. The molecule has 5 aromatic rings. The molecule has 1 N–H and O–H groups in total. The maximum atomic E-state index is 12.7. The fourth-order valence-electron chi connectivity index (χ4n) is 3.42. The summed E-state index contributed by atoms with van der Waals surface area (Å²) in [5.74, 6) is 0.312. The molecule has 3 heterocycles. The van der Waals surface area contributed by atoms with E-state index in [1.165, 1.54) is 18.9 Å². The predicted octanol–water partition coefficient (Wildman–Crippen LogP) is 4.05. The van der Waals surface area contributed by atoms with E-state index in [-0.39, 0.29) is 17.2 Å². The Morgan fingerprint density at radius 1 is 1.06 bits per heavy atom. The molecule has 0 atom stereocenters. The lowest BCUT2D eigenvalue weighted by Crippen LogP contribution is -2.17. The van der Waals surface area contributed by atoms with Crippen LogP contribution in [0.1, 0.15) is 10.4 Å². The van der Waals surface area contributed by atoms with E-state index in [1.54, 1.807) is 47.1 Å². The van der Waals surface area contributed by atoms with Gasteiger partial charge in [-0.15, -0.1) is 10.2 Å². The lowest BCUT2D eigenvalue weighted by atomic mass is 10.2. The number of amides is 1. The molecule has 0 bridgehead atoms. The average Bonchev–Trinajstić information content (AvgIpc) is 3.53. The van der Waals surface area contributed by atoms with E-state index in [1.807, 2.05) is 24.3 Å². The topological polar surface area (TPSA) is 112 Å². The van der Waals surface area contributed by atoms with Gasteiger partial charge in [0.1, 0.15) is 0 Å². The molecule has 0 spiro atoms. The van der Waals surface area contributed by atoms with Crippen LogP contribution in [0.15, 0.2) is 76.5 Å². The van der Waals surface area contributed by atoms with Crippen molar-refractivity contribution in [3.63, 3.8) is 0 Å². The number of carbonyl (C=O) groups is 2. The zero-order valence-corrected chi connectivity index (χ0v) is 18.2. The number of furan rings is 1. The molecule has 0 saturated carbocycles. The largest absolute Gasteiger partial charge is 0.465 e. The Balaban J connectivity index is 1.45. The SMILES string of the molecule is COC(=O)c1ccccc1NC(=O)CSc1nnc2c3ccccc3nc(-c3ccco3)n12. The molecule has 2 aromatic carbocycles. The van der Waals surface area contributed by atoms with Gasteiger partial charge in [-0.25, -0.2) is 9.78 Å². The molecular weight excluding hydrogens is 442 g/mol. The van der Waals surface area contributed by atoms with Gasteiger partial charge in [0.05, 0.1) is 35.9 Å². The molecule has 164 valence electrons. The summed E-state index contributed by atoms with van der Waals surface area (Å²) >= 11 is 1.20. The van der Waals surface area contributed by atoms with Crippen molar-refractivity contribution in [2.75, 3.05) is 18.2 Å². The van der Waals surface area contributed by atoms with Crippen molar-refractivity contribution in [1.29, 1.82) is 0 Å². The minimum absolute atomic E-state index is 0.0424. The van der Waals surface area contributed by atoms with Crippen molar-refractivity contribution in [3.8, 4) is 11.6 Å². The summed E-state index contributed by atoms with van der Waals surface area (Å²) < 4.78 is 12.1. The molecular formula is C23H17N5O4S. The fraction of sp³-hybridized carbons (Fsp3) is 0.0870. The third kappa shape index (κ3) is 3.92. The maximum Gasteiger partial charge on any atom is 0.339 e. The molecule has 0 aliphatic heterocycles. The van der Waals surface area contributed by atoms with Crippen molar-refractivity contribution in [1.82, 2.24) is 19.6 Å². The van der Waals surface area contributed by atoms with Crippen LogP contribution in [0.25, 0.3) is 28.1 Å². The summed E-state index contributed by atoms with van der Waals surface area (Å²) in [4.78, 5) is 29.3. The summed E-state index contributed by atoms with van der Waals surface area (Å²) in [6.45, 7) is 0. The standard InChI is InChI=1S/C23H17N5O4S/c1-31-22(30)15-8-3-5-10-17(15)24-19(29)13-33-23-27-26-20-14-7-2-4-9-16(14)25-21(28(20)23)18-11-6-12-32-18/h2-12H,13H2,1H3,(H,24,29). The number of methoxy groups -OCH3 is 1. The van der Waals surface area contributed by atoms with Crippen LogP contribution < -0.4 is 5.32 Å². The molecule has 0 aliphatic rings. The Morgan fingerprint density at radius 3 is 2.70 bits per heavy atom. The highest BCUT2D eigenvalue weighted by atomic mass is 32.2. The first-order chi connectivity index (χ1) is 16.2. The second kappa shape index (κ2) is 8.75. The van der Waals surface area contributed by atoms with Crippen molar-refractivity contribution in [3.05, 3.63) is 72.5 Å². The van der Waals surface area contributed by atoms with Gasteiger partial charge in [-0.05, 0) is 36.4 Å². The number of para-hydroxylation sites is 2. The van der Waals surface area contributed by atoms with E-state index >= 15 is 0 Å². The van der Waals surface area contributed by atoms with E-state index in [4.69, 9.17) is 14.1 Å². The number of rotatable bonds is 6. The molecule has 0 aliphatic carbocycles. The van der Waals surface area contributed by atoms with Gasteiger partial charge in [0.25, 0.3) is 0 Å². The Bertz CT molecular complexity index is 1480. The van der Waals surface area contributed by atoms with E-state index in [0.29, 0.717) is 28.1 Å². The molecule has 0 unspecified atom stereocenters. The zero-order valence-electron chi connectivity index (χ0n) is 17.4. The second-order valence-corrected chi connectivity index (χ2v) is 7.89. The first-order valence-electron chi connectivity index (χ1n) is 9.93. The van der Waals surface area contributed by atoms with E-state index in [0.717, 1.165) is 10.9 Å². The van der Waals surface area contributed by atoms with Crippen LogP contribution in [0.4, 0.5) is 5.69 Å². The van der Waals surface area contributed by atoms with Gasteiger partial charge in [-0.3, -0.25) is 9.20 Å². The van der Waals surface area contributed by atoms with Crippen molar-refractivity contribution >= 4 is 45.9 Å². The second-order valence-electron chi connectivity index (χ2n) is 6.95. The Hall–Kier alpha value is -4.18. The van der Waals surface area contributed by atoms with Gasteiger partial charge in [0.15, 0.2) is 22.4 Å². The number of esters is 1. The Labute approximate surface area is 191 Å². The zero-order chi connectivity index (χ0) is 22.8. The van der Waals surface area contributed by atoms with Gasteiger partial charge in [-0.1, -0.05) is 36.0 Å². The maximum absolute atomic E-state index is 12.7. The molecule has 9 nitrogen and oxygen atoms in total. The lowest BCUT2D eigenvalue weighted by molar-refractivity contribution is -0.113. The number of nitrogens with one attached hydrogen (secondary N) is 1. The molecule has 0 fully saturated rings. The van der Waals surface area contributed by atoms with Crippen molar-refractivity contribution < 1.29 is 18.7 Å². The Morgan fingerprint density at radius 2 is 1.88 bits per heavy atom. The van der Waals surface area contributed by atoms with Crippen molar-refractivity contribution in [2.24, 2.45) is 0 Å². The number of thioether (sulfide) groups is 1. The predicted molar refractivity (Wildman–Crippen MR) is 123 cm³/mol.